The molecule has 0 radical (unpaired) electrons. The molecule has 3 aliphatic rings. The third-order valence-corrected chi connectivity index (χ3v) is 6.67. The number of piperidine rings is 1. The fourth-order valence-electron chi connectivity index (χ4n) is 5.36. The van der Waals surface area contributed by atoms with E-state index in [0.29, 0.717) is 6.04 Å². The van der Waals surface area contributed by atoms with E-state index in [1.807, 2.05) is 12.1 Å². The molecule has 1 saturated carbocycles. The fourth-order valence-corrected chi connectivity index (χ4v) is 5.36. The highest BCUT2D eigenvalue weighted by atomic mass is 16.3. The zero-order valence-corrected chi connectivity index (χ0v) is 13.8. The van der Waals surface area contributed by atoms with Crippen molar-refractivity contribution in [1.29, 1.82) is 0 Å². The van der Waals surface area contributed by atoms with Crippen molar-refractivity contribution < 1.29 is 10.2 Å². The number of phenols is 1. The zero-order valence-electron chi connectivity index (χ0n) is 13.8. The summed E-state index contributed by atoms with van der Waals surface area (Å²) in [5.41, 5.74) is 1.74. The first-order valence-electron chi connectivity index (χ1n) is 9.24. The molecule has 4 nitrogen and oxygen atoms in total. The fraction of sp³-hybridized carbons (Fsp3) is 0.550. The van der Waals surface area contributed by atoms with Gasteiger partial charge in [-0.15, -0.1) is 0 Å². The van der Waals surface area contributed by atoms with E-state index in [4.69, 9.17) is 0 Å². The molecule has 24 heavy (non-hydrogen) atoms. The summed E-state index contributed by atoms with van der Waals surface area (Å²) >= 11 is 0. The number of hydrogen-bond acceptors (Lipinski definition) is 4. The van der Waals surface area contributed by atoms with Gasteiger partial charge in [0.2, 0.25) is 0 Å². The molecule has 4 heteroatoms. The van der Waals surface area contributed by atoms with Crippen LogP contribution in [0.1, 0.15) is 43.8 Å². The second kappa shape index (κ2) is 5.43. The summed E-state index contributed by atoms with van der Waals surface area (Å²) in [6.45, 7) is 1.13. The van der Waals surface area contributed by atoms with Gasteiger partial charge in [0.05, 0.1) is 11.6 Å². The van der Waals surface area contributed by atoms with Gasteiger partial charge in [-0.05, 0) is 73.9 Å². The summed E-state index contributed by atoms with van der Waals surface area (Å²) in [5, 5.41) is 21.9. The van der Waals surface area contributed by atoms with Crippen molar-refractivity contribution in [3.63, 3.8) is 0 Å². The second-order valence-corrected chi connectivity index (χ2v) is 7.82. The van der Waals surface area contributed by atoms with E-state index in [0.717, 1.165) is 41.3 Å². The quantitative estimate of drug-likeness (QED) is 0.910. The van der Waals surface area contributed by atoms with Gasteiger partial charge in [-0.3, -0.25) is 9.88 Å². The average molecular weight is 324 g/mol. The van der Waals surface area contributed by atoms with Crippen LogP contribution in [0, 0.1) is 11.8 Å². The van der Waals surface area contributed by atoms with Crippen LogP contribution in [0.15, 0.2) is 30.5 Å². The van der Waals surface area contributed by atoms with Gasteiger partial charge in [0.15, 0.2) is 0 Å². The largest absolute Gasteiger partial charge is 0.508 e. The minimum atomic E-state index is -0.509. The Balaban J connectivity index is 1.49. The highest BCUT2D eigenvalue weighted by molar-refractivity contribution is 5.83. The molecule has 1 aliphatic carbocycles. The Morgan fingerprint density at radius 2 is 2.00 bits per heavy atom. The van der Waals surface area contributed by atoms with Gasteiger partial charge in [-0.2, -0.15) is 0 Å². The monoisotopic (exact) mass is 324 g/mol. The lowest BCUT2D eigenvalue weighted by Gasteiger charge is -2.38. The molecule has 3 fully saturated rings. The molecule has 2 bridgehead atoms. The molecule has 1 aromatic heterocycles. The Labute approximate surface area is 142 Å². The summed E-state index contributed by atoms with van der Waals surface area (Å²) in [6, 6.07) is 8.02. The van der Waals surface area contributed by atoms with E-state index >= 15 is 0 Å². The molecule has 5 rings (SSSR count). The minimum Gasteiger partial charge on any atom is -0.508 e. The van der Waals surface area contributed by atoms with Crippen LogP contribution in [0.4, 0.5) is 0 Å². The number of fused-ring (bicyclic) bond motifs is 3. The Hall–Kier alpha value is -1.65. The molecule has 3 unspecified atom stereocenters. The molecule has 1 aromatic carbocycles. The predicted molar refractivity (Wildman–Crippen MR) is 92.7 cm³/mol. The first-order valence-corrected chi connectivity index (χ1v) is 9.24. The molecule has 2 N–H and O–H groups in total. The van der Waals surface area contributed by atoms with E-state index < -0.39 is 6.10 Å². The van der Waals surface area contributed by atoms with E-state index in [2.05, 4.69) is 9.88 Å². The number of phenolic OH excluding ortho intramolecular Hbond substituents is 1. The first-order chi connectivity index (χ1) is 11.7. The molecule has 126 valence electrons. The van der Waals surface area contributed by atoms with Crippen LogP contribution in [0.3, 0.4) is 0 Å². The average Bonchev–Trinajstić information content (AvgIpc) is 3.10. The molecule has 5 atom stereocenters. The smallest absolute Gasteiger partial charge is 0.116 e. The Morgan fingerprint density at radius 1 is 1.12 bits per heavy atom. The van der Waals surface area contributed by atoms with Crippen LogP contribution in [0.5, 0.6) is 5.75 Å². The van der Waals surface area contributed by atoms with Gasteiger partial charge in [-0.25, -0.2) is 0 Å². The Kier molecular flexibility index (Phi) is 3.32. The van der Waals surface area contributed by atoms with Crippen molar-refractivity contribution in [3.05, 3.63) is 36.0 Å². The number of nitrogens with zero attached hydrogens (tertiary/aromatic N) is 2. The lowest BCUT2D eigenvalue weighted by Crippen LogP contribution is -2.42. The first kappa shape index (κ1) is 14.7. The molecule has 0 amide bonds. The number of hydrogen-bond donors (Lipinski definition) is 2. The maximum atomic E-state index is 11.2. The van der Waals surface area contributed by atoms with E-state index in [9.17, 15) is 10.2 Å². The lowest BCUT2D eigenvalue weighted by molar-refractivity contribution is 0.0420. The highest BCUT2D eigenvalue weighted by Gasteiger charge is 2.52. The number of benzene rings is 1. The number of pyridine rings is 1. The van der Waals surface area contributed by atoms with Gasteiger partial charge < -0.3 is 10.2 Å². The molecule has 3 heterocycles. The zero-order chi connectivity index (χ0) is 16.3. The number of aromatic nitrogens is 1. The number of aromatic hydroxyl groups is 1. The maximum absolute atomic E-state index is 11.2. The van der Waals surface area contributed by atoms with Crippen LogP contribution in [-0.2, 0) is 0 Å². The summed E-state index contributed by atoms with van der Waals surface area (Å²) < 4.78 is 0. The number of aliphatic hydroxyl groups is 1. The van der Waals surface area contributed by atoms with E-state index in [1.165, 1.54) is 25.7 Å². The van der Waals surface area contributed by atoms with Gasteiger partial charge in [-0.1, -0.05) is 6.42 Å². The molecule has 0 spiro atoms. The SMILES string of the molecule is Oc1ccc2nccc([C@H](O)[C@H]3CC4CCN3C4C3CCC3)c2c1. The number of aliphatic hydroxyl groups excluding tert-OH is 1. The standard InChI is InChI=1S/C20H24N2O2/c23-14-4-5-17-16(11-14)15(6-8-21-17)20(24)18-10-13-7-9-22(18)19(13)12-2-1-3-12/h4-6,8,11-13,18-20,23-24H,1-3,7,9-10H2/t13?,18-,19?,20+/m1/s1. The van der Waals surface area contributed by atoms with Gasteiger partial charge in [0, 0.05) is 23.7 Å². The molecular formula is C20H24N2O2. The minimum absolute atomic E-state index is 0.210. The summed E-state index contributed by atoms with van der Waals surface area (Å²) in [6.07, 6.45) is 7.77. The van der Waals surface area contributed by atoms with Crippen molar-refractivity contribution >= 4 is 10.9 Å². The van der Waals surface area contributed by atoms with Crippen LogP contribution in [-0.4, -0.2) is 38.7 Å². The van der Waals surface area contributed by atoms with Crippen LogP contribution < -0.4 is 0 Å². The third-order valence-electron chi connectivity index (χ3n) is 6.67. The summed E-state index contributed by atoms with van der Waals surface area (Å²) in [7, 11) is 0. The van der Waals surface area contributed by atoms with Crippen molar-refractivity contribution in [2.75, 3.05) is 6.54 Å². The number of rotatable bonds is 3. The van der Waals surface area contributed by atoms with E-state index in [1.54, 1.807) is 18.3 Å². The maximum Gasteiger partial charge on any atom is 0.116 e. The second-order valence-electron chi connectivity index (χ2n) is 7.82. The summed E-state index contributed by atoms with van der Waals surface area (Å²) in [5.74, 6) is 1.84. The van der Waals surface area contributed by atoms with Gasteiger partial charge >= 0.3 is 0 Å². The normalized spacial score (nSPS) is 33.7. The van der Waals surface area contributed by atoms with Crippen LogP contribution >= 0.6 is 0 Å². The van der Waals surface area contributed by atoms with Crippen molar-refractivity contribution in [1.82, 2.24) is 9.88 Å². The van der Waals surface area contributed by atoms with Gasteiger partial charge in [0.1, 0.15) is 5.75 Å². The molecule has 2 aromatic rings. The van der Waals surface area contributed by atoms with Crippen LogP contribution in [0.2, 0.25) is 0 Å². The Morgan fingerprint density at radius 3 is 2.79 bits per heavy atom. The molecular weight excluding hydrogens is 300 g/mol. The molecule has 2 saturated heterocycles. The summed E-state index contributed by atoms with van der Waals surface area (Å²) in [4.78, 5) is 6.96. The van der Waals surface area contributed by atoms with Crippen molar-refractivity contribution in [2.45, 2.75) is 50.3 Å². The van der Waals surface area contributed by atoms with Crippen LogP contribution in [0.25, 0.3) is 10.9 Å². The predicted octanol–water partition coefficient (Wildman–Crippen LogP) is 3.24. The van der Waals surface area contributed by atoms with Crippen molar-refractivity contribution in [3.8, 4) is 5.75 Å². The lowest BCUT2D eigenvalue weighted by atomic mass is 9.76. The van der Waals surface area contributed by atoms with E-state index in [-0.39, 0.29) is 11.8 Å². The highest BCUT2D eigenvalue weighted by Crippen LogP contribution is 2.50. The van der Waals surface area contributed by atoms with Crippen molar-refractivity contribution in [2.24, 2.45) is 11.8 Å². The molecule has 2 aliphatic heterocycles. The topological polar surface area (TPSA) is 56.6 Å². The Bertz CT molecular complexity index is 773. The third kappa shape index (κ3) is 2.09. The van der Waals surface area contributed by atoms with Gasteiger partial charge in [0.25, 0.3) is 0 Å².